The summed E-state index contributed by atoms with van der Waals surface area (Å²) in [6.45, 7) is 1.33. The number of pyridine rings is 1. The number of rotatable bonds is 5. The summed E-state index contributed by atoms with van der Waals surface area (Å²) < 4.78 is 25.8. The molecule has 0 aromatic carbocycles. The van der Waals surface area contributed by atoms with E-state index in [1.54, 1.807) is 0 Å². The lowest BCUT2D eigenvalue weighted by Crippen LogP contribution is -2.42. The predicted octanol–water partition coefficient (Wildman–Crippen LogP) is -1.48. The molecule has 1 atom stereocenters. The number of carbonyl (C=O) groups is 1. The Labute approximate surface area is 98.4 Å². The highest BCUT2D eigenvalue weighted by molar-refractivity contribution is 7.89. The van der Waals surface area contributed by atoms with Gasteiger partial charge in [0.15, 0.2) is 5.03 Å². The molecule has 1 amide bonds. The van der Waals surface area contributed by atoms with E-state index in [2.05, 4.69) is 15.1 Å². The largest absolute Gasteiger partial charge is 0.368 e. The van der Waals surface area contributed by atoms with Crippen molar-refractivity contribution < 1.29 is 13.2 Å². The first kappa shape index (κ1) is 13.4. The van der Waals surface area contributed by atoms with Gasteiger partial charge in [0.2, 0.25) is 5.91 Å². The number of sulfonamides is 1. The number of aromatic nitrogens is 1. The minimum atomic E-state index is -3.95. The van der Waals surface area contributed by atoms with E-state index in [4.69, 9.17) is 11.6 Å². The van der Waals surface area contributed by atoms with E-state index < -0.39 is 22.0 Å². The van der Waals surface area contributed by atoms with Crippen LogP contribution < -0.4 is 21.7 Å². The summed E-state index contributed by atoms with van der Waals surface area (Å²) in [5, 5.41) is -0.296. The van der Waals surface area contributed by atoms with Gasteiger partial charge >= 0.3 is 0 Å². The van der Waals surface area contributed by atoms with Crippen LogP contribution in [0, 0.1) is 0 Å². The van der Waals surface area contributed by atoms with Crippen LogP contribution in [-0.4, -0.2) is 25.4 Å². The monoisotopic (exact) mass is 259 g/mol. The summed E-state index contributed by atoms with van der Waals surface area (Å²) in [7, 11) is -3.95. The Balaban J connectivity index is 3.09. The molecule has 1 aromatic rings. The Bertz CT molecular complexity index is 516. The average Bonchev–Trinajstić information content (AvgIpc) is 2.28. The maximum atomic E-state index is 11.8. The summed E-state index contributed by atoms with van der Waals surface area (Å²) in [5.74, 6) is 4.38. The van der Waals surface area contributed by atoms with Gasteiger partial charge in [-0.3, -0.25) is 10.6 Å². The van der Waals surface area contributed by atoms with E-state index >= 15 is 0 Å². The molecular formula is C8H13N5O3S. The molecular weight excluding hydrogens is 246 g/mol. The number of carbonyl (C=O) groups excluding carboxylic acids is 1. The molecule has 0 radical (unpaired) electrons. The normalized spacial score (nSPS) is 13.1. The van der Waals surface area contributed by atoms with E-state index in [0.717, 1.165) is 0 Å². The van der Waals surface area contributed by atoms with Gasteiger partial charge in [0.1, 0.15) is 0 Å². The van der Waals surface area contributed by atoms with Crippen molar-refractivity contribution in [1.82, 2.24) is 9.71 Å². The molecule has 17 heavy (non-hydrogen) atoms. The number of hydrazine groups is 1. The van der Waals surface area contributed by atoms with Gasteiger partial charge < -0.3 is 11.2 Å². The van der Waals surface area contributed by atoms with Gasteiger partial charge in [-0.15, -0.1) is 0 Å². The molecule has 0 bridgehead atoms. The lowest BCUT2D eigenvalue weighted by Gasteiger charge is -2.12. The topological polar surface area (TPSA) is 140 Å². The second-order valence-electron chi connectivity index (χ2n) is 3.25. The molecule has 0 fully saturated rings. The van der Waals surface area contributed by atoms with Crippen molar-refractivity contribution in [2.45, 2.75) is 18.0 Å². The van der Waals surface area contributed by atoms with Crippen LogP contribution in [0.2, 0.25) is 0 Å². The maximum Gasteiger partial charge on any atom is 0.260 e. The molecule has 1 rings (SSSR count). The summed E-state index contributed by atoms with van der Waals surface area (Å²) in [5.41, 5.74) is 7.29. The number of nitrogens with one attached hydrogen (secondary N) is 2. The number of nitrogen functional groups attached to an aromatic ring is 1. The molecule has 1 aromatic heterocycles. The van der Waals surface area contributed by atoms with Gasteiger partial charge in [0, 0.05) is 6.20 Å². The fraction of sp³-hybridized carbons (Fsp3) is 0.250. The zero-order valence-electron chi connectivity index (χ0n) is 9.04. The molecule has 6 N–H and O–H groups in total. The first-order chi connectivity index (χ1) is 7.88. The summed E-state index contributed by atoms with van der Waals surface area (Å²) in [6, 6.07) is 1.93. The Morgan fingerprint density at radius 2 is 2.18 bits per heavy atom. The predicted molar refractivity (Wildman–Crippen MR) is 61.0 cm³/mol. The van der Waals surface area contributed by atoms with E-state index in [9.17, 15) is 13.2 Å². The van der Waals surface area contributed by atoms with Gasteiger partial charge in [0.05, 0.1) is 11.7 Å². The van der Waals surface area contributed by atoms with E-state index in [1.807, 2.05) is 0 Å². The number of nitrogens with two attached hydrogens (primary N) is 2. The third-order valence-electron chi connectivity index (χ3n) is 1.94. The number of hydrogen-bond acceptors (Lipinski definition) is 6. The Morgan fingerprint density at radius 1 is 1.53 bits per heavy atom. The molecule has 0 aliphatic heterocycles. The van der Waals surface area contributed by atoms with Gasteiger partial charge in [-0.25, -0.2) is 13.4 Å². The first-order valence-electron chi connectivity index (χ1n) is 4.61. The molecule has 94 valence electrons. The first-order valence-corrected chi connectivity index (χ1v) is 6.10. The van der Waals surface area contributed by atoms with Crippen LogP contribution in [0.5, 0.6) is 0 Å². The van der Waals surface area contributed by atoms with Crippen molar-refractivity contribution in [1.29, 1.82) is 0 Å². The molecule has 0 saturated carbocycles. The SMILES string of the molecule is CC(NS(=O)(=O)c1ncccc1NN)C(N)=O. The van der Waals surface area contributed by atoms with Crippen molar-refractivity contribution >= 4 is 21.6 Å². The van der Waals surface area contributed by atoms with Crippen LogP contribution in [-0.2, 0) is 14.8 Å². The van der Waals surface area contributed by atoms with Crippen LogP contribution in [0.1, 0.15) is 6.92 Å². The molecule has 0 saturated heterocycles. The number of anilines is 1. The van der Waals surface area contributed by atoms with Crippen molar-refractivity contribution in [2.75, 3.05) is 5.43 Å². The van der Waals surface area contributed by atoms with Gasteiger partial charge in [0.25, 0.3) is 10.0 Å². The highest BCUT2D eigenvalue weighted by Gasteiger charge is 2.24. The minimum absolute atomic E-state index is 0.122. The van der Waals surface area contributed by atoms with Crippen LogP contribution in [0.4, 0.5) is 5.69 Å². The van der Waals surface area contributed by atoms with Crippen molar-refractivity contribution in [3.63, 3.8) is 0 Å². The number of nitrogens with zero attached hydrogens (tertiary/aromatic N) is 1. The zero-order chi connectivity index (χ0) is 13.1. The average molecular weight is 259 g/mol. The maximum absolute atomic E-state index is 11.8. The van der Waals surface area contributed by atoms with Crippen molar-refractivity contribution in [3.05, 3.63) is 18.3 Å². The molecule has 1 unspecified atom stereocenters. The zero-order valence-corrected chi connectivity index (χ0v) is 9.86. The Kier molecular flexibility index (Phi) is 3.99. The second-order valence-corrected chi connectivity index (χ2v) is 4.88. The second kappa shape index (κ2) is 5.08. The van der Waals surface area contributed by atoms with Gasteiger partial charge in [-0.1, -0.05) is 0 Å². The van der Waals surface area contributed by atoms with Crippen LogP contribution in [0.3, 0.4) is 0 Å². The van der Waals surface area contributed by atoms with Gasteiger partial charge in [-0.2, -0.15) is 4.72 Å². The van der Waals surface area contributed by atoms with Crippen molar-refractivity contribution in [3.8, 4) is 0 Å². The van der Waals surface area contributed by atoms with Crippen molar-refractivity contribution in [2.24, 2.45) is 11.6 Å². The molecule has 9 heteroatoms. The third kappa shape index (κ3) is 3.12. The standard InChI is InChI=1S/C8H13N5O3S/c1-5(7(9)14)13-17(15,16)8-6(12-10)3-2-4-11-8/h2-5,12-13H,10H2,1H3,(H2,9,14). The number of amides is 1. The number of primary amides is 1. The van der Waals surface area contributed by atoms with E-state index in [-0.39, 0.29) is 10.7 Å². The smallest absolute Gasteiger partial charge is 0.260 e. The van der Waals surface area contributed by atoms with E-state index in [1.165, 1.54) is 25.3 Å². The lowest BCUT2D eigenvalue weighted by atomic mass is 10.4. The Hall–Kier alpha value is -1.71. The number of hydrogen-bond donors (Lipinski definition) is 4. The summed E-state index contributed by atoms with van der Waals surface area (Å²) in [6.07, 6.45) is 1.30. The Morgan fingerprint density at radius 3 is 2.71 bits per heavy atom. The van der Waals surface area contributed by atoms with Crippen LogP contribution >= 0.6 is 0 Å². The fourth-order valence-corrected chi connectivity index (χ4v) is 2.37. The molecule has 0 aliphatic carbocycles. The minimum Gasteiger partial charge on any atom is -0.368 e. The van der Waals surface area contributed by atoms with Crippen LogP contribution in [0.25, 0.3) is 0 Å². The molecule has 0 aliphatic rings. The summed E-state index contributed by atoms with van der Waals surface area (Å²) >= 11 is 0. The quantitative estimate of drug-likeness (QED) is 0.375. The fourth-order valence-electron chi connectivity index (χ4n) is 1.06. The van der Waals surface area contributed by atoms with E-state index in [0.29, 0.717) is 0 Å². The highest BCUT2D eigenvalue weighted by atomic mass is 32.2. The third-order valence-corrected chi connectivity index (χ3v) is 3.44. The summed E-state index contributed by atoms with van der Waals surface area (Å²) in [4.78, 5) is 14.5. The molecule has 1 heterocycles. The van der Waals surface area contributed by atoms with Gasteiger partial charge in [-0.05, 0) is 19.1 Å². The molecule has 0 spiro atoms. The lowest BCUT2D eigenvalue weighted by molar-refractivity contribution is -0.119. The highest BCUT2D eigenvalue weighted by Crippen LogP contribution is 2.16. The van der Waals surface area contributed by atoms with Crippen LogP contribution in [0.15, 0.2) is 23.4 Å². The molecule has 8 nitrogen and oxygen atoms in total.